The second-order valence-electron chi connectivity index (χ2n) is 2.64. The van der Waals surface area contributed by atoms with E-state index in [1.807, 2.05) is 36.4 Å². The van der Waals surface area contributed by atoms with Crippen LogP contribution in [0.25, 0.3) is 11.1 Å². The van der Waals surface area contributed by atoms with Gasteiger partial charge in [-0.15, -0.1) is 35.9 Å². The Morgan fingerprint density at radius 3 is 2.08 bits per heavy atom. The molecule has 0 spiro atoms. The smallest absolute Gasteiger partial charge is 0 e. The quantitative estimate of drug-likeness (QED) is 0.674. The first-order chi connectivity index (χ1) is 5.97. The Kier molecular flexibility index (Phi) is 4.34. The van der Waals surface area contributed by atoms with E-state index in [-0.39, 0.29) is 32.7 Å². The third kappa shape index (κ3) is 2.75. The van der Waals surface area contributed by atoms with E-state index in [4.69, 9.17) is 0 Å². The molecule has 0 aliphatic heterocycles. The van der Waals surface area contributed by atoms with Crippen LogP contribution in [0.15, 0.2) is 54.6 Å². The summed E-state index contributed by atoms with van der Waals surface area (Å²) >= 11 is 0. The number of benzene rings is 2. The van der Waals surface area contributed by atoms with Gasteiger partial charge in [-0.3, -0.25) is 0 Å². The molecule has 0 aromatic heterocycles. The van der Waals surface area contributed by atoms with Crippen LogP contribution in [-0.2, 0) is 32.7 Å². The van der Waals surface area contributed by atoms with Crippen molar-refractivity contribution >= 4 is 0 Å². The molecule has 13 heavy (non-hydrogen) atoms. The summed E-state index contributed by atoms with van der Waals surface area (Å²) in [5, 5.41) is 0. The molecule has 0 N–H and O–H groups in total. The molecule has 0 bridgehead atoms. The Morgan fingerprint density at radius 2 is 1.46 bits per heavy atom. The zero-order chi connectivity index (χ0) is 8.23. The fourth-order valence-corrected chi connectivity index (χ4v) is 1.19. The van der Waals surface area contributed by atoms with Gasteiger partial charge in [0.05, 0.1) is 0 Å². The first-order valence-electron chi connectivity index (χ1n) is 3.99. The monoisotopic (exact) mass is 242 g/mol. The fraction of sp³-hybridized carbons (Fsp3) is 0. The molecule has 0 unspecified atom stereocenters. The van der Waals surface area contributed by atoms with Crippen molar-refractivity contribution < 1.29 is 32.7 Å². The van der Waals surface area contributed by atoms with E-state index in [2.05, 4.69) is 24.3 Å². The summed E-state index contributed by atoms with van der Waals surface area (Å²) in [6, 6.07) is 21.5. The van der Waals surface area contributed by atoms with Crippen LogP contribution in [0, 0.1) is 6.07 Å². The van der Waals surface area contributed by atoms with E-state index in [1.165, 1.54) is 5.56 Å². The van der Waals surface area contributed by atoms with Crippen LogP contribution in [0.1, 0.15) is 0 Å². The Labute approximate surface area is 104 Å². The average molecular weight is 242 g/mol. The van der Waals surface area contributed by atoms with Crippen LogP contribution in [0.5, 0.6) is 0 Å². The van der Waals surface area contributed by atoms with E-state index < -0.39 is 0 Å². The second kappa shape index (κ2) is 5.31. The molecule has 2 aromatic carbocycles. The van der Waals surface area contributed by atoms with E-state index in [1.54, 1.807) is 0 Å². The van der Waals surface area contributed by atoms with Crippen molar-refractivity contribution in [2.24, 2.45) is 0 Å². The maximum atomic E-state index is 3.18. The fourth-order valence-electron chi connectivity index (χ4n) is 1.19. The molecular weight excluding hydrogens is 233 g/mol. The first-order valence-corrected chi connectivity index (χ1v) is 3.99. The van der Waals surface area contributed by atoms with Gasteiger partial charge in [-0.25, -0.2) is 0 Å². The minimum Gasteiger partial charge on any atom is -0.147 e. The molecule has 1 radical (unpaired) electrons. The van der Waals surface area contributed by atoms with Gasteiger partial charge in [0.25, 0.3) is 0 Å². The number of hydrogen-bond donors (Lipinski definition) is 0. The molecular formula is C12H9Y-. The van der Waals surface area contributed by atoms with Crippen LogP contribution in [-0.4, -0.2) is 0 Å². The SMILES string of the molecule is [Y].[c-]1ccccc1-c1ccccc1. The van der Waals surface area contributed by atoms with Gasteiger partial charge in [0, 0.05) is 32.7 Å². The molecule has 2 aromatic rings. The standard InChI is InChI=1S/C12H9.Y/c1-3-7-11(8-4-1)12-9-5-2-6-10-12;/h1-9H;/q-1;. The molecule has 0 atom stereocenters. The van der Waals surface area contributed by atoms with Gasteiger partial charge >= 0.3 is 0 Å². The summed E-state index contributed by atoms with van der Waals surface area (Å²) in [5.41, 5.74) is 2.37. The first kappa shape index (κ1) is 10.6. The molecule has 1 heteroatoms. The number of hydrogen-bond acceptors (Lipinski definition) is 0. The third-order valence-corrected chi connectivity index (χ3v) is 1.79. The summed E-state index contributed by atoms with van der Waals surface area (Å²) in [7, 11) is 0. The minimum atomic E-state index is 0. The molecule has 0 nitrogen and oxygen atoms in total. The molecule has 0 fully saturated rings. The maximum Gasteiger partial charge on any atom is 0 e. The zero-order valence-electron chi connectivity index (χ0n) is 7.27. The Hall–Kier alpha value is -0.456. The largest absolute Gasteiger partial charge is 0.147 e. The Bertz CT molecular complexity index is 303. The molecule has 0 aliphatic carbocycles. The van der Waals surface area contributed by atoms with Gasteiger partial charge in [0.15, 0.2) is 0 Å². The maximum absolute atomic E-state index is 3.18. The normalized spacial score (nSPS) is 8.92. The molecule has 0 saturated carbocycles. The molecule has 0 saturated heterocycles. The van der Waals surface area contributed by atoms with Crippen LogP contribution in [0.3, 0.4) is 0 Å². The summed E-state index contributed by atoms with van der Waals surface area (Å²) in [6.07, 6.45) is 0. The summed E-state index contributed by atoms with van der Waals surface area (Å²) in [6.45, 7) is 0. The second-order valence-corrected chi connectivity index (χ2v) is 2.64. The average Bonchev–Trinajstić information content (AvgIpc) is 2.21. The van der Waals surface area contributed by atoms with Crippen molar-refractivity contribution in [2.75, 3.05) is 0 Å². The van der Waals surface area contributed by atoms with Gasteiger partial charge in [0.1, 0.15) is 0 Å². The molecule has 2 rings (SSSR count). The van der Waals surface area contributed by atoms with Crippen molar-refractivity contribution in [3.8, 4) is 11.1 Å². The van der Waals surface area contributed by atoms with Crippen LogP contribution in [0.2, 0.25) is 0 Å². The van der Waals surface area contributed by atoms with Crippen molar-refractivity contribution in [3.05, 3.63) is 60.7 Å². The molecule has 61 valence electrons. The van der Waals surface area contributed by atoms with Crippen molar-refractivity contribution in [3.63, 3.8) is 0 Å². The summed E-state index contributed by atoms with van der Waals surface area (Å²) < 4.78 is 0. The predicted octanol–water partition coefficient (Wildman–Crippen LogP) is 3.15. The van der Waals surface area contributed by atoms with E-state index in [9.17, 15) is 0 Å². The summed E-state index contributed by atoms with van der Waals surface area (Å²) in [5.74, 6) is 0. The van der Waals surface area contributed by atoms with Gasteiger partial charge in [-0.05, 0) is 0 Å². The zero-order valence-corrected chi connectivity index (χ0v) is 10.1. The predicted molar refractivity (Wildman–Crippen MR) is 50.7 cm³/mol. The van der Waals surface area contributed by atoms with Crippen molar-refractivity contribution in [1.29, 1.82) is 0 Å². The van der Waals surface area contributed by atoms with Gasteiger partial charge < -0.3 is 0 Å². The third-order valence-electron chi connectivity index (χ3n) is 1.79. The van der Waals surface area contributed by atoms with Crippen molar-refractivity contribution in [2.45, 2.75) is 0 Å². The van der Waals surface area contributed by atoms with Gasteiger partial charge in [-0.2, -0.15) is 0 Å². The minimum absolute atomic E-state index is 0. The Balaban J connectivity index is 0.000000845. The Morgan fingerprint density at radius 1 is 0.769 bits per heavy atom. The summed E-state index contributed by atoms with van der Waals surface area (Å²) in [4.78, 5) is 0. The topological polar surface area (TPSA) is 0 Å². The van der Waals surface area contributed by atoms with E-state index in [0.717, 1.165) is 5.56 Å². The van der Waals surface area contributed by atoms with Gasteiger partial charge in [-0.1, -0.05) is 35.9 Å². The molecule has 0 amide bonds. The molecule has 0 aliphatic rings. The van der Waals surface area contributed by atoms with Gasteiger partial charge in [0.2, 0.25) is 0 Å². The number of rotatable bonds is 1. The van der Waals surface area contributed by atoms with Crippen LogP contribution < -0.4 is 0 Å². The van der Waals surface area contributed by atoms with E-state index >= 15 is 0 Å². The van der Waals surface area contributed by atoms with E-state index in [0.29, 0.717) is 0 Å². The molecule has 0 heterocycles. The van der Waals surface area contributed by atoms with Crippen LogP contribution in [0.4, 0.5) is 0 Å². The van der Waals surface area contributed by atoms with Crippen LogP contribution >= 0.6 is 0 Å². The van der Waals surface area contributed by atoms with Crippen molar-refractivity contribution in [1.82, 2.24) is 0 Å².